The smallest absolute Gasteiger partial charge is 0.207 e. The van der Waals surface area contributed by atoms with E-state index in [-0.39, 0.29) is 6.04 Å². The highest BCUT2D eigenvalue weighted by Gasteiger charge is 2.39. The van der Waals surface area contributed by atoms with Gasteiger partial charge in [0.25, 0.3) is 0 Å². The summed E-state index contributed by atoms with van der Waals surface area (Å²) in [7, 11) is -3.40. The lowest BCUT2D eigenvalue weighted by molar-refractivity contribution is 0.401. The molecular weight excluding hydrogens is 378 g/mol. The van der Waals surface area contributed by atoms with E-state index in [1.807, 2.05) is 24.4 Å². The third-order valence-electron chi connectivity index (χ3n) is 3.27. The van der Waals surface area contributed by atoms with Gasteiger partial charge in [0.05, 0.1) is 8.68 Å². The molecule has 0 amide bonds. The second kappa shape index (κ2) is 5.53. The highest BCUT2D eigenvalue weighted by Crippen LogP contribution is 2.37. The average Bonchev–Trinajstić information content (AvgIpc) is 2.96. The highest BCUT2D eigenvalue weighted by molar-refractivity contribution is 9.11. The van der Waals surface area contributed by atoms with Crippen molar-refractivity contribution < 1.29 is 8.42 Å². The maximum absolute atomic E-state index is 12.9. The van der Waals surface area contributed by atoms with Crippen LogP contribution < -0.4 is 0 Å². The Labute approximate surface area is 135 Å². The van der Waals surface area contributed by atoms with E-state index in [1.54, 1.807) is 21.7 Å². The number of hydrogen-bond donors (Lipinski definition) is 0. The SMILES string of the molecule is Cc1sc(Br)cc1S(=O)(=O)N(Cc1cccs1)C1CC1. The lowest BCUT2D eigenvalue weighted by atomic mass is 10.4. The van der Waals surface area contributed by atoms with Crippen molar-refractivity contribution in [2.24, 2.45) is 0 Å². The van der Waals surface area contributed by atoms with Crippen LogP contribution in [0.3, 0.4) is 0 Å². The number of nitrogens with zero attached hydrogens (tertiary/aromatic N) is 1. The summed E-state index contributed by atoms with van der Waals surface area (Å²) in [6.45, 7) is 2.34. The van der Waals surface area contributed by atoms with E-state index >= 15 is 0 Å². The van der Waals surface area contributed by atoms with E-state index < -0.39 is 10.0 Å². The molecule has 108 valence electrons. The van der Waals surface area contributed by atoms with Crippen LogP contribution in [0.1, 0.15) is 22.6 Å². The fraction of sp³-hybridized carbons (Fsp3) is 0.385. The van der Waals surface area contributed by atoms with Crippen LogP contribution in [0.15, 0.2) is 32.3 Å². The second-order valence-electron chi connectivity index (χ2n) is 4.83. The van der Waals surface area contributed by atoms with Gasteiger partial charge in [-0.1, -0.05) is 6.07 Å². The molecule has 0 radical (unpaired) electrons. The predicted octanol–water partition coefficient (Wildman–Crippen LogP) is 4.23. The molecule has 2 aromatic rings. The molecular formula is C13H14BrNO2S3. The van der Waals surface area contributed by atoms with E-state index in [0.29, 0.717) is 11.4 Å². The fourth-order valence-corrected chi connectivity index (χ4v) is 6.97. The minimum Gasteiger partial charge on any atom is -0.207 e. The molecule has 0 spiro atoms. The molecule has 0 aromatic carbocycles. The third-order valence-corrected chi connectivity index (χ3v) is 7.84. The second-order valence-corrected chi connectivity index (χ2v) is 10.4. The van der Waals surface area contributed by atoms with Crippen LogP contribution in [0, 0.1) is 6.92 Å². The molecule has 20 heavy (non-hydrogen) atoms. The molecule has 1 saturated carbocycles. The van der Waals surface area contributed by atoms with Gasteiger partial charge in [0.2, 0.25) is 10.0 Å². The van der Waals surface area contributed by atoms with Gasteiger partial charge in [0.15, 0.2) is 0 Å². The zero-order valence-electron chi connectivity index (χ0n) is 10.9. The van der Waals surface area contributed by atoms with E-state index in [4.69, 9.17) is 0 Å². The summed E-state index contributed by atoms with van der Waals surface area (Å²) in [5.41, 5.74) is 0. The molecule has 2 aromatic heterocycles. The monoisotopic (exact) mass is 391 g/mol. The van der Waals surface area contributed by atoms with Gasteiger partial charge in [0.1, 0.15) is 0 Å². The normalized spacial score (nSPS) is 15.9. The van der Waals surface area contributed by atoms with Gasteiger partial charge in [-0.05, 0) is 53.2 Å². The Morgan fingerprint density at radius 2 is 2.20 bits per heavy atom. The molecule has 1 aliphatic carbocycles. The van der Waals surface area contributed by atoms with Gasteiger partial charge < -0.3 is 0 Å². The van der Waals surface area contributed by atoms with Crippen LogP contribution in [0.2, 0.25) is 0 Å². The van der Waals surface area contributed by atoms with Crippen LogP contribution >= 0.6 is 38.6 Å². The minimum absolute atomic E-state index is 0.167. The van der Waals surface area contributed by atoms with Gasteiger partial charge in [0, 0.05) is 22.3 Å². The number of aryl methyl sites for hydroxylation is 1. The minimum atomic E-state index is -3.40. The van der Waals surface area contributed by atoms with E-state index in [9.17, 15) is 8.42 Å². The van der Waals surface area contributed by atoms with Crippen molar-refractivity contribution in [3.8, 4) is 0 Å². The number of hydrogen-bond acceptors (Lipinski definition) is 4. The molecule has 3 nitrogen and oxygen atoms in total. The number of sulfonamides is 1. The summed E-state index contributed by atoms with van der Waals surface area (Å²) in [5, 5.41) is 1.99. The van der Waals surface area contributed by atoms with Gasteiger partial charge in [-0.2, -0.15) is 4.31 Å². The first-order chi connectivity index (χ1) is 9.48. The first kappa shape index (κ1) is 14.7. The Hall–Kier alpha value is -0.210. The Balaban J connectivity index is 1.96. The van der Waals surface area contributed by atoms with Crippen LogP contribution in [0.5, 0.6) is 0 Å². The Morgan fingerprint density at radius 1 is 1.45 bits per heavy atom. The van der Waals surface area contributed by atoms with Crippen molar-refractivity contribution in [3.63, 3.8) is 0 Å². The molecule has 0 atom stereocenters. The molecule has 3 rings (SSSR count). The van der Waals surface area contributed by atoms with Gasteiger partial charge in [-0.15, -0.1) is 22.7 Å². The Kier molecular flexibility index (Phi) is 4.07. The van der Waals surface area contributed by atoms with Crippen LogP contribution in [0.25, 0.3) is 0 Å². The van der Waals surface area contributed by atoms with Gasteiger partial charge in [-0.25, -0.2) is 8.42 Å². The van der Waals surface area contributed by atoms with Crippen LogP contribution in [-0.2, 0) is 16.6 Å². The van der Waals surface area contributed by atoms with Gasteiger partial charge in [-0.3, -0.25) is 0 Å². The quantitative estimate of drug-likeness (QED) is 0.764. The van der Waals surface area contributed by atoms with Gasteiger partial charge >= 0.3 is 0 Å². The van der Waals surface area contributed by atoms with Crippen molar-refractivity contribution in [3.05, 3.63) is 37.1 Å². The topological polar surface area (TPSA) is 37.4 Å². The first-order valence-electron chi connectivity index (χ1n) is 6.28. The maximum Gasteiger partial charge on any atom is 0.244 e. The summed E-state index contributed by atoms with van der Waals surface area (Å²) >= 11 is 6.45. The molecule has 0 aliphatic heterocycles. The molecule has 1 fully saturated rings. The zero-order valence-corrected chi connectivity index (χ0v) is 14.9. The largest absolute Gasteiger partial charge is 0.244 e. The van der Waals surface area contributed by atoms with Crippen molar-refractivity contribution in [1.29, 1.82) is 0 Å². The molecule has 1 aliphatic rings. The van der Waals surface area contributed by atoms with E-state index in [1.165, 1.54) is 11.3 Å². The fourth-order valence-electron chi connectivity index (χ4n) is 2.14. The summed E-state index contributed by atoms with van der Waals surface area (Å²) < 4.78 is 28.3. The molecule has 0 bridgehead atoms. The van der Waals surface area contributed by atoms with Crippen molar-refractivity contribution >= 4 is 48.6 Å². The molecule has 7 heteroatoms. The van der Waals surface area contributed by atoms with Crippen LogP contribution in [0.4, 0.5) is 0 Å². The van der Waals surface area contributed by atoms with E-state index in [0.717, 1.165) is 26.4 Å². The standard InChI is InChI=1S/C13H14BrNO2S3/c1-9-12(7-13(14)19-9)20(16,17)15(10-4-5-10)8-11-3-2-6-18-11/h2-3,6-7,10H,4-5,8H2,1H3. The summed E-state index contributed by atoms with van der Waals surface area (Å²) in [4.78, 5) is 2.37. The molecule has 0 unspecified atom stereocenters. The number of halogens is 1. The number of rotatable bonds is 5. The molecule has 0 saturated heterocycles. The highest BCUT2D eigenvalue weighted by atomic mass is 79.9. The Morgan fingerprint density at radius 3 is 2.70 bits per heavy atom. The van der Waals surface area contributed by atoms with Crippen molar-refractivity contribution in [2.75, 3.05) is 0 Å². The molecule has 0 N–H and O–H groups in total. The zero-order chi connectivity index (χ0) is 14.3. The average molecular weight is 392 g/mol. The number of thiophene rings is 2. The van der Waals surface area contributed by atoms with Crippen molar-refractivity contribution in [2.45, 2.75) is 37.2 Å². The van der Waals surface area contributed by atoms with Crippen molar-refractivity contribution in [1.82, 2.24) is 4.31 Å². The third kappa shape index (κ3) is 2.87. The van der Waals surface area contributed by atoms with Crippen LogP contribution in [-0.4, -0.2) is 18.8 Å². The Bertz CT molecular complexity index is 702. The summed E-state index contributed by atoms with van der Waals surface area (Å²) in [5.74, 6) is 0. The lowest BCUT2D eigenvalue weighted by Gasteiger charge is -2.21. The molecule has 2 heterocycles. The first-order valence-corrected chi connectivity index (χ1v) is 10.2. The van der Waals surface area contributed by atoms with E-state index in [2.05, 4.69) is 15.9 Å². The summed E-state index contributed by atoms with van der Waals surface area (Å²) in [6, 6.07) is 5.84. The predicted molar refractivity (Wildman–Crippen MR) is 86.8 cm³/mol. The lowest BCUT2D eigenvalue weighted by Crippen LogP contribution is -2.32. The maximum atomic E-state index is 12.9. The summed E-state index contributed by atoms with van der Waals surface area (Å²) in [6.07, 6.45) is 1.93.